The van der Waals surface area contributed by atoms with Gasteiger partial charge in [-0.05, 0) is 40.0 Å². The summed E-state index contributed by atoms with van der Waals surface area (Å²) in [5, 5.41) is 0. The number of ether oxygens (including phenoxy) is 1. The Kier molecular flexibility index (Phi) is 7.69. The standard InChI is InChI=1S/C13H22O2/c1-5-15-13(14)10-9-12(4)8-6-7-11(2)3/h8H,2,5-7,9-10H2,1,3-4H3/b12-8+. The minimum atomic E-state index is -0.106. The van der Waals surface area contributed by atoms with Crippen LogP contribution in [0, 0.1) is 0 Å². The van der Waals surface area contributed by atoms with Crippen LogP contribution in [0.25, 0.3) is 0 Å². The first-order valence-electron chi connectivity index (χ1n) is 5.52. The summed E-state index contributed by atoms with van der Waals surface area (Å²) in [7, 11) is 0. The lowest BCUT2D eigenvalue weighted by molar-refractivity contribution is -0.143. The molecule has 0 aromatic heterocycles. The van der Waals surface area contributed by atoms with Gasteiger partial charge in [0.05, 0.1) is 6.61 Å². The smallest absolute Gasteiger partial charge is 0.306 e. The van der Waals surface area contributed by atoms with Gasteiger partial charge in [0.15, 0.2) is 0 Å². The van der Waals surface area contributed by atoms with Crippen LogP contribution < -0.4 is 0 Å². The lowest BCUT2D eigenvalue weighted by Gasteiger charge is -2.02. The summed E-state index contributed by atoms with van der Waals surface area (Å²) in [6.07, 6.45) is 5.51. The molecule has 0 rings (SSSR count). The zero-order valence-electron chi connectivity index (χ0n) is 10.1. The molecule has 0 saturated heterocycles. The van der Waals surface area contributed by atoms with Crippen molar-refractivity contribution in [2.45, 2.75) is 46.5 Å². The Labute approximate surface area is 93.0 Å². The highest BCUT2D eigenvalue weighted by atomic mass is 16.5. The van der Waals surface area contributed by atoms with Crippen LogP contribution in [0.3, 0.4) is 0 Å². The molecule has 86 valence electrons. The fraction of sp³-hybridized carbons (Fsp3) is 0.615. The molecule has 0 N–H and O–H groups in total. The summed E-state index contributed by atoms with van der Waals surface area (Å²) in [4.78, 5) is 11.1. The van der Waals surface area contributed by atoms with Gasteiger partial charge >= 0.3 is 5.97 Å². The fourth-order valence-corrected chi connectivity index (χ4v) is 1.20. The molecule has 0 spiro atoms. The van der Waals surface area contributed by atoms with Gasteiger partial charge in [-0.2, -0.15) is 0 Å². The van der Waals surface area contributed by atoms with Crippen molar-refractivity contribution in [3.63, 3.8) is 0 Å². The predicted molar refractivity (Wildman–Crippen MR) is 63.7 cm³/mol. The van der Waals surface area contributed by atoms with Crippen LogP contribution in [-0.4, -0.2) is 12.6 Å². The third kappa shape index (κ3) is 9.26. The van der Waals surface area contributed by atoms with Crippen LogP contribution in [0.2, 0.25) is 0 Å². The van der Waals surface area contributed by atoms with E-state index < -0.39 is 0 Å². The highest BCUT2D eigenvalue weighted by Gasteiger charge is 2.01. The van der Waals surface area contributed by atoms with Crippen molar-refractivity contribution < 1.29 is 9.53 Å². The molecular weight excluding hydrogens is 188 g/mol. The molecule has 0 aliphatic carbocycles. The molecule has 0 atom stereocenters. The zero-order chi connectivity index (χ0) is 11.7. The summed E-state index contributed by atoms with van der Waals surface area (Å²) in [5.41, 5.74) is 2.45. The molecule has 0 fully saturated rings. The SMILES string of the molecule is C=C(C)CC/C=C(\C)CCC(=O)OCC. The molecule has 0 bridgehead atoms. The predicted octanol–water partition coefficient (Wildman–Crippen LogP) is 3.63. The van der Waals surface area contributed by atoms with Crippen LogP contribution in [-0.2, 0) is 9.53 Å². The van der Waals surface area contributed by atoms with Gasteiger partial charge in [-0.1, -0.05) is 17.2 Å². The van der Waals surface area contributed by atoms with Crippen LogP contribution in [0.4, 0.5) is 0 Å². The Morgan fingerprint density at radius 1 is 1.27 bits per heavy atom. The van der Waals surface area contributed by atoms with E-state index >= 15 is 0 Å². The molecule has 15 heavy (non-hydrogen) atoms. The average Bonchev–Trinajstić information content (AvgIpc) is 2.14. The number of carbonyl (C=O) groups is 1. The first kappa shape index (κ1) is 13.9. The van der Waals surface area contributed by atoms with E-state index in [1.807, 2.05) is 13.8 Å². The van der Waals surface area contributed by atoms with Crippen molar-refractivity contribution in [1.29, 1.82) is 0 Å². The van der Waals surface area contributed by atoms with E-state index in [9.17, 15) is 4.79 Å². The molecular formula is C13H22O2. The maximum absolute atomic E-state index is 11.1. The van der Waals surface area contributed by atoms with Gasteiger partial charge in [-0.15, -0.1) is 6.58 Å². The quantitative estimate of drug-likeness (QED) is 0.474. The van der Waals surface area contributed by atoms with Gasteiger partial charge in [0.1, 0.15) is 0 Å². The topological polar surface area (TPSA) is 26.3 Å². The summed E-state index contributed by atoms with van der Waals surface area (Å²) in [6, 6.07) is 0. The van der Waals surface area contributed by atoms with Crippen molar-refractivity contribution in [3.05, 3.63) is 23.8 Å². The molecule has 0 aliphatic rings. The molecule has 0 unspecified atom stereocenters. The molecule has 0 heterocycles. The Morgan fingerprint density at radius 2 is 1.93 bits per heavy atom. The Balaban J connectivity index is 3.67. The Morgan fingerprint density at radius 3 is 2.47 bits per heavy atom. The third-order valence-electron chi connectivity index (χ3n) is 2.09. The maximum Gasteiger partial charge on any atom is 0.306 e. The third-order valence-corrected chi connectivity index (χ3v) is 2.09. The van der Waals surface area contributed by atoms with Crippen LogP contribution in [0.5, 0.6) is 0 Å². The second-order valence-electron chi connectivity index (χ2n) is 3.85. The summed E-state index contributed by atoms with van der Waals surface area (Å²) in [5.74, 6) is -0.106. The van der Waals surface area contributed by atoms with Gasteiger partial charge in [0, 0.05) is 6.42 Å². The summed E-state index contributed by atoms with van der Waals surface area (Å²) >= 11 is 0. The molecule has 0 saturated carbocycles. The minimum absolute atomic E-state index is 0.106. The first-order chi connectivity index (χ1) is 7.06. The van der Waals surface area contributed by atoms with E-state index in [0.29, 0.717) is 13.0 Å². The second-order valence-corrected chi connectivity index (χ2v) is 3.85. The highest BCUT2D eigenvalue weighted by Crippen LogP contribution is 2.09. The van der Waals surface area contributed by atoms with Crippen molar-refractivity contribution >= 4 is 5.97 Å². The van der Waals surface area contributed by atoms with Crippen LogP contribution in [0.15, 0.2) is 23.8 Å². The molecule has 0 aromatic rings. The molecule has 0 aliphatic heterocycles. The first-order valence-corrected chi connectivity index (χ1v) is 5.52. The van der Waals surface area contributed by atoms with Crippen molar-refractivity contribution in [2.24, 2.45) is 0 Å². The lowest BCUT2D eigenvalue weighted by atomic mass is 10.1. The largest absolute Gasteiger partial charge is 0.466 e. The van der Waals surface area contributed by atoms with Crippen molar-refractivity contribution in [3.8, 4) is 0 Å². The molecule has 2 nitrogen and oxygen atoms in total. The second kappa shape index (κ2) is 8.27. The molecule has 0 radical (unpaired) electrons. The van der Waals surface area contributed by atoms with Crippen LogP contribution in [0.1, 0.15) is 46.5 Å². The summed E-state index contributed by atoms with van der Waals surface area (Å²) in [6.45, 7) is 10.2. The Bertz CT molecular complexity index is 239. The number of esters is 1. The molecule has 0 amide bonds. The molecule has 0 aromatic carbocycles. The van der Waals surface area contributed by atoms with E-state index in [0.717, 1.165) is 19.3 Å². The minimum Gasteiger partial charge on any atom is -0.466 e. The van der Waals surface area contributed by atoms with Gasteiger partial charge in [0.25, 0.3) is 0 Å². The number of allylic oxidation sites excluding steroid dienone is 3. The van der Waals surface area contributed by atoms with Crippen LogP contribution >= 0.6 is 0 Å². The van der Waals surface area contributed by atoms with Gasteiger partial charge in [-0.25, -0.2) is 0 Å². The van der Waals surface area contributed by atoms with E-state index in [-0.39, 0.29) is 5.97 Å². The lowest BCUT2D eigenvalue weighted by Crippen LogP contribution is -2.03. The molecule has 2 heteroatoms. The van der Waals surface area contributed by atoms with E-state index in [1.165, 1.54) is 11.1 Å². The van der Waals surface area contributed by atoms with E-state index in [4.69, 9.17) is 4.74 Å². The normalized spacial score (nSPS) is 11.3. The van der Waals surface area contributed by atoms with Crippen molar-refractivity contribution in [2.75, 3.05) is 6.61 Å². The van der Waals surface area contributed by atoms with Gasteiger partial charge < -0.3 is 4.74 Å². The number of hydrogen-bond donors (Lipinski definition) is 0. The number of carbonyl (C=O) groups excluding carboxylic acids is 1. The van der Waals surface area contributed by atoms with Crippen molar-refractivity contribution in [1.82, 2.24) is 0 Å². The maximum atomic E-state index is 11.1. The van der Waals surface area contributed by atoms with E-state index in [1.54, 1.807) is 0 Å². The summed E-state index contributed by atoms with van der Waals surface area (Å²) < 4.78 is 4.85. The highest BCUT2D eigenvalue weighted by molar-refractivity contribution is 5.69. The Hall–Kier alpha value is -1.05. The zero-order valence-corrected chi connectivity index (χ0v) is 10.1. The van der Waals surface area contributed by atoms with E-state index in [2.05, 4.69) is 19.6 Å². The van der Waals surface area contributed by atoms with Gasteiger partial charge in [0.2, 0.25) is 0 Å². The fourth-order valence-electron chi connectivity index (χ4n) is 1.20. The monoisotopic (exact) mass is 210 g/mol. The average molecular weight is 210 g/mol. The van der Waals surface area contributed by atoms with Gasteiger partial charge in [-0.3, -0.25) is 4.79 Å². The number of rotatable bonds is 7. The number of hydrogen-bond acceptors (Lipinski definition) is 2.